The zero-order valence-corrected chi connectivity index (χ0v) is 60.0. The van der Waals surface area contributed by atoms with Gasteiger partial charge in [-0.05, 0) is 120 Å². The zero-order valence-electron chi connectivity index (χ0n) is 51.1. The van der Waals surface area contributed by atoms with E-state index in [1.54, 1.807) is 58.8 Å². The Balaban J connectivity index is 0.000000178. The molecule has 0 atom stereocenters. The topological polar surface area (TPSA) is 375 Å². The third-order valence-electron chi connectivity index (χ3n) is 13.8. The van der Waals surface area contributed by atoms with E-state index in [4.69, 9.17) is 5.14 Å². The van der Waals surface area contributed by atoms with Crippen molar-refractivity contribution in [3.63, 3.8) is 0 Å². The second-order valence-corrected chi connectivity index (χ2v) is 27.3. The van der Waals surface area contributed by atoms with Crippen molar-refractivity contribution < 1.29 is 108 Å². The number of rotatable bonds is 12. The van der Waals surface area contributed by atoms with Crippen molar-refractivity contribution in [1.29, 1.82) is 0 Å². The fourth-order valence-corrected chi connectivity index (χ4v) is 14.2. The maximum absolute atomic E-state index is 12.7. The van der Waals surface area contributed by atoms with E-state index in [9.17, 15) is 49.2 Å². The number of amides is 5. The van der Waals surface area contributed by atoms with Crippen molar-refractivity contribution >= 4 is 180 Å². The summed E-state index contributed by atoms with van der Waals surface area (Å²) in [6.07, 6.45) is 4.70. The molecule has 37 heteroatoms. The average Bonchev–Trinajstić information content (AvgIpc) is 1.66. The molecule has 6 aromatic heterocycles. The van der Waals surface area contributed by atoms with E-state index in [2.05, 4.69) is 55.3 Å². The van der Waals surface area contributed by atoms with Gasteiger partial charge in [-0.25, -0.2) is 45.3 Å². The molecule has 0 aliphatic carbocycles. The molecule has 0 saturated heterocycles. The van der Waals surface area contributed by atoms with Crippen molar-refractivity contribution in [2.45, 2.75) is 35.0 Å². The molecule has 3 aromatic carbocycles. The molecule has 0 saturated carbocycles. The van der Waals surface area contributed by atoms with Crippen LogP contribution in [0.2, 0.25) is 0 Å². The average molecular weight is 1390 g/mol. The third-order valence-corrected chi connectivity index (χ3v) is 20.1. The monoisotopic (exact) mass is 1390 g/mol. The Hall–Kier alpha value is -8.04. The number of thiophene rings is 3. The smallest absolute Gasteiger partial charge is 0.542 e. The zero-order chi connectivity index (χ0) is 65.4. The quantitative estimate of drug-likeness (QED) is 0.128. The Labute approximate surface area is 590 Å². The Morgan fingerprint density at radius 1 is 0.452 bits per heavy atom. The number of hydrogen-bond donors (Lipinski definition) is 4. The minimum atomic E-state index is -4.05. The molecule has 0 unspecified atom stereocenters. The number of sulfonamides is 3. The molecule has 0 fully saturated rings. The van der Waals surface area contributed by atoms with E-state index in [1.165, 1.54) is 109 Å². The summed E-state index contributed by atoms with van der Waals surface area (Å²) in [5, 5.41) is 19.8. The maximum Gasteiger partial charge on any atom is 1.00 e. The second kappa shape index (κ2) is 28.7. The molecular weight excluding hydrogens is 1340 g/mol. The van der Waals surface area contributed by atoms with Crippen LogP contribution in [0, 0.1) is 0 Å². The van der Waals surface area contributed by atoms with Crippen LogP contribution in [0.1, 0.15) is 49.3 Å². The Kier molecular flexibility index (Phi) is 21.8. The van der Waals surface area contributed by atoms with Crippen LogP contribution in [0.15, 0.2) is 140 Å². The molecule has 3 aliphatic rings. The van der Waals surface area contributed by atoms with Crippen LogP contribution in [-0.4, -0.2) is 127 Å². The second-order valence-electron chi connectivity index (χ2n) is 19.8. The van der Waals surface area contributed by atoms with Crippen molar-refractivity contribution in [1.82, 2.24) is 29.9 Å². The van der Waals surface area contributed by atoms with Gasteiger partial charge in [0.25, 0.3) is 17.7 Å². The number of hydrogen-bond acceptors (Lipinski definition) is 26. The molecule has 0 spiro atoms. The molecule has 5 N–H and O–H groups in total. The van der Waals surface area contributed by atoms with Gasteiger partial charge in [0.2, 0.25) is 27.9 Å². The third kappa shape index (κ3) is 15.1. The molecule has 93 heavy (non-hydrogen) atoms. The minimum absolute atomic E-state index is 0. The number of nitrogens with zero attached hydrogens (tertiary/aromatic N) is 14. The SMILES string of the molecule is CC(=O)[N-]S(=O)(=O)c1ccc(Nc2ncc3c(n2)N(C)c2ccsc2C(=O)N3C)cc1.CCC(=O)[N-]S(=O)(=O)c1ccc(Nc2ncc3c(n2)N(C)c2ccsc2C(=O)N3C)cc1.CN1C(=O)c2sccc2N(C)c2nc(Nc3ccc(S(N)(=O)=O)cc3)ncc21.[Na+].[Na+]. The molecule has 9 aromatic rings. The molecule has 470 valence electrons. The predicted octanol–water partition coefficient (Wildman–Crippen LogP) is 3.18. The van der Waals surface area contributed by atoms with Gasteiger partial charge in [-0.2, -0.15) is 15.0 Å². The van der Waals surface area contributed by atoms with Crippen LogP contribution in [0.3, 0.4) is 0 Å². The van der Waals surface area contributed by atoms with Gasteiger partial charge in [0.15, 0.2) is 17.5 Å². The van der Waals surface area contributed by atoms with E-state index >= 15 is 0 Å². The predicted molar refractivity (Wildman–Crippen MR) is 349 cm³/mol. The normalized spacial score (nSPS) is 13.2. The number of fused-ring (bicyclic) bond motifs is 6. The van der Waals surface area contributed by atoms with E-state index < -0.39 is 41.9 Å². The van der Waals surface area contributed by atoms with Gasteiger partial charge in [0.05, 0.1) is 62.2 Å². The summed E-state index contributed by atoms with van der Waals surface area (Å²) in [4.78, 5) is 98.8. The summed E-state index contributed by atoms with van der Waals surface area (Å²) in [7, 11) is -1.30. The van der Waals surface area contributed by atoms with E-state index in [-0.39, 0.29) is 110 Å². The van der Waals surface area contributed by atoms with Gasteiger partial charge in [0.1, 0.15) is 51.7 Å². The summed E-state index contributed by atoms with van der Waals surface area (Å²) in [5.74, 6) is 0.663. The molecule has 3 aliphatic heterocycles. The van der Waals surface area contributed by atoms with Crippen LogP contribution >= 0.6 is 34.0 Å². The molecule has 9 heterocycles. The van der Waals surface area contributed by atoms with Crippen LogP contribution in [0.4, 0.5) is 86.5 Å². The number of carbonyl (C=O) groups is 5. The van der Waals surface area contributed by atoms with Crippen LogP contribution < -0.4 is 110 Å². The number of primary sulfonamides is 1. The molecule has 0 bridgehead atoms. The van der Waals surface area contributed by atoms with Crippen molar-refractivity contribution in [2.24, 2.45) is 5.14 Å². The van der Waals surface area contributed by atoms with Gasteiger partial charge in [-0.1, -0.05) is 6.92 Å². The summed E-state index contributed by atoms with van der Waals surface area (Å²) in [6.45, 7) is 2.61. The first kappa shape index (κ1) is 70.8. The molecule has 0 radical (unpaired) electrons. The largest absolute Gasteiger partial charge is 1.00 e. The molecule has 29 nitrogen and oxygen atoms in total. The first-order valence-electron chi connectivity index (χ1n) is 26.7. The summed E-state index contributed by atoms with van der Waals surface area (Å²) in [5.41, 5.74) is 5.70. The fourth-order valence-electron chi connectivity index (χ4n) is 9.05. The molecular formula is C56H52N18Na2O11S6. The minimum Gasteiger partial charge on any atom is -0.542 e. The number of benzene rings is 3. The summed E-state index contributed by atoms with van der Waals surface area (Å²) in [6, 6.07) is 23.0. The Bertz CT molecular complexity index is 4720. The number of nitrogens with two attached hydrogens (primary N) is 1. The van der Waals surface area contributed by atoms with Crippen molar-refractivity contribution in [3.05, 3.63) is 150 Å². The molecule has 5 amide bonds. The summed E-state index contributed by atoms with van der Waals surface area (Å²) < 4.78 is 77.5. The summed E-state index contributed by atoms with van der Waals surface area (Å²) >= 11 is 4.11. The van der Waals surface area contributed by atoms with E-state index in [0.717, 1.165) is 24.0 Å². The first-order chi connectivity index (χ1) is 43.1. The van der Waals surface area contributed by atoms with E-state index in [1.807, 2.05) is 70.2 Å². The Morgan fingerprint density at radius 3 is 1.02 bits per heavy atom. The fraction of sp³-hybridized carbons (Fsp3) is 0.161. The van der Waals surface area contributed by atoms with Crippen LogP contribution in [-0.2, 0) is 39.7 Å². The van der Waals surface area contributed by atoms with Gasteiger partial charge in [-0.3, -0.25) is 14.4 Å². The number of nitrogens with one attached hydrogen (secondary N) is 3. The van der Waals surface area contributed by atoms with Crippen molar-refractivity contribution in [3.8, 4) is 0 Å². The number of aromatic nitrogens is 6. The number of anilines is 15. The Morgan fingerprint density at radius 2 is 0.742 bits per heavy atom. The standard InChI is InChI=1S/C20H20N6O4S2.C19H18N6O4S2.C17H16N6O3S2.2Na/c1-4-16(27)24-32(29,30)13-7-5-12(6-8-13)22-20-21-11-15-18(23-20)25(2)14-9-10-31-17(14)19(28)26(15)3;1-11(26)23-31(28,29)13-6-4-12(5-7-13)21-19-20-10-15-17(22-19)24(2)14-8-9-30-16(14)18(27)25(15)3;1-22-12-7-8-27-14(12)16(24)23(2)13-9-19-17(21-15(13)22)20-10-3-5-11(6-4-10)28(18,25)26;;/h5-11H,4H2,1-3H3,(H2,21,22,23,24,27);4-10H,1-3H3,(H2,20,21,22,23,26);3-9H,1-2H3,(H2,18,25,26)(H,19,20,21);;/q;;;2*+1/p-2. The van der Waals surface area contributed by atoms with Gasteiger partial charge in [0, 0.05) is 59.3 Å². The molecule has 12 rings (SSSR count). The maximum atomic E-state index is 12.7. The van der Waals surface area contributed by atoms with Crippen LogP contribution in [0.25, 0.3) is 9.44 Å². The van der Waals surface area contributed by atoms with Crippen LogP contribution in [0.5, 0.6) is 0 Å². The number of carbonyl (C=O) groups excluding carboxylic acids is 5. The van der Waals surface area contributed by atoms with E-state index in [0.29, 0.717) is 72.2 Å². The van der Waals surface area contributed by atoms with Gasteiger partial charge >= 0.3 is 59.1 Å². The van der Waals surface area contributed by atoms with Crippen molar-refractivity contribution in [2.75, 3.05) is 87.6 Å². The first-order valence-corrected chi connectivity index (χ1v) is 33.7. The van der Waals surface area contributed by atoms with Gasteiger partial charge in [-0.15, -0.1) is 34.0 Å². The van der Waals surface area contributed by atoms with Gasteiger partial charge < -0.3 is 64.4 Å².